The summed E-state index contributed by atoms with van der Waals surface area (Å²) in [5.41, 5.74) is 7.88. The molecule has 43 heavy (non-hydrogen) atoms. The summed E-state index contributed by atoms with van der Waals surface area (Å²) in [6.45, 7) is 0.626. The van der Waals surface area contributed by atoms with E-state index in [1.165, 1.54) is 11.8 Å². The Balaban J connectivity index is 1.62. The van der Waals surface area contributed by atoms with E-state index in [1.807, 2.05) is 60.7 Å². The number of hydrogen-bond acceptors (Lipinski definition) is 7. The van der Waals surface area contributed by atoms with Crippen LogP contribution in [0.3, 0.4) is 0 Å². The minimum atomic E-state index is -1.23. The van der Waals surface area contributed by atoms with Gasteiger partial charge < -0.3 is 37.0 Å². The summed E-state index contributed by atoms with van der Waals surface area (Å²) in [5.74, 6) is -4.05. The summed E-state index contributed by atoms with van der Waals surface area (Å²) in [6, 6.07) is 14.7. The van der Waals surface area contributed by atoms with Gasteiger partial charge in [-0.2, -0.15) is 0 Å². The van der Waals surface area contributed by atoms with Crippen molar-refractivity contribution in [1.29, 1.82) is 0 Å². The Labute approximate surface area is 249 Å². The molecule has 1 saturated heterocycles. The number of amides is 5. The van der Waals surface area contributed by atoms with Gasteiger partial charge in [-0.1, -0.05) is 60.7 Å². The fourth-order valence-electron chi connectivity index (χ4n) is 4.75. The Morgan fingerprint density at radius 3 is 2.07 bits per heavy atom. The second kappa shape index (κ2) is 16.0. The van der Waals surface area contributed by atoms with Gasteiger partial charge in [0.15, 0.2) is 0 Å². The van der Waals surface area contributed by atoms with E-state index in [9.17, 15) is 28.8 Å². The molecule has 3 rings (SSSR count). The number of carbonyl (C=O) groups is 6. The van der Waals surface area contributed by atoms with Gasteiger partial charge in [0.25, 0.3) is 0 Å². The maximum Gasteiger partial charge on any atom is 0.322 e. The Morgan fingerprint density at radius 1 is 0.860 bits per heavy atom. The third-order valence-corrected chi connectivity index (χ3v) is 6.98. The number of benzene rings is 2. The molecule has 13 nitrogen and oxygen atoms in total. The van der Waals surface area contributed by atoms with Crippen molar-refractivity contribution in [2.75, 3.05) is 19.6 Å². The van der Waals surface area contributed by atoms with Crippen molar-refractivity contribution in [2.24, 2.45) is 5.73 Å². The van der Waals surface area contributed by atoms with E-state index < -0.39 is 72.8 Å². The Kier molecular flexibility index (Phi) is 12.2. The number of carboxylic acids is 1. The molecule has 0 bridgehead atoms. The lowest BCUT2D eigenvalue weighted by molar-refractivity contribution is -0.141. The van der Waals surface area contributed by atoms with E-state index >= 15 is 0 Å². The zero-order chi connectivity index (χ0) is 31.4. The SMILES string of the molecule is C[C@H](NC(=O)CNC(=O)[C@@H]1CCCN1C(=O)[C@H](Cc1ccccc1)NC(=O)[C@@H](N)Cc1ccccc1)C(=O)NCC(=O)O. The molecule has 1 aliphatic heterocycles. The molecule has 1 heterocycles. The molecule has 0 aromatic heterocycles. The molecule has 0 radical (unpaired) electrons. The van der Waals surface area contributed by atoms with Crippen LogP contribution in [-0.4, -0.2) is 89.3 Å². The minimum absolute atomic E-state index is 0.193. The first-order chi connectivity index (χ1) is 20.5. The van der Waals surface area contributed by atoms with E-state index in [2.05, 4.69) is 21.3 Å². The molecule has 1 fully saturated rings. The number of nitrogens with zero attached hydrogens (tertiary/aromatic N) is 1. The third kappa shape index (κ3) is 10.2. The normalized spacial score (nSPS) is 16.3. The van der Waals surface area contributed by atoms with Gasteiger partial charge in [-0.3, -0.25) is 28.8 Å². The lowest BCUT2D eigenvalue weighted by Gasteiger charge is -2.29. The summed E-state index contributed by atoms with van der Waals surface area (Å²) in [6.07, 6.45) is 1.40. The first kappa shape index (κ1) is 32.7. The summed E-state index contributed by atoms with van der Waals surface area (Å²) < 4.78 is 0. The number of carbonyl (C=O) groups excluding carboxylic acids is 5. The van der Waals surface area contributed by atoms with Gasteiger partial charge >= 0.3 is 5.97 Å². The predicted molar refractivity (Wildman–Crippen MR) is 156 cm³/mol. The van der Waals surface area contributed by atoms with Gasteiger partial charge in [0.1, 0.15) is 24.7 Å². The van der Waals surface area contributed by atoms with Crippen LogP contribution in [-0.2, 0) is 41.6 Å². The molecular formula is C30H38N6O7. The molecule has 0 aliphatic carbocycles. The molecule has 0 saturated carbocycles. The molecular weight excluding hydrogens is 556 g/mol. The Morgan fingerprint density at radius 2 is 1.47 bits per heavy atom. The lowest BCUT2D eigenvalue weighted by atomic mass is 10.0. The molecule has 0 spiro atoms. The standard InChI is InChI=1S/C30H38N6O7/c1-19(27(40)33-18-26(38)39)34-25(37)17-32-29(42)24-13-8-14-36(24)30(43)23(16-21-11-6-3-7-12-21)35-28(41)22(31)15-20-9-4-2-5-10-20/h2-7,9-12,19,22-24H,8,13-18,31H2,1H3,(H,32,42)(H,33,40)(H,34,37)(H,35,41)(H,38,39)/t19-,22-,23-,24-/m0/s1. The fraction of sp³-hybridized carbons (Fsp3) is 0.400. The maximum absolute atomic E-state index is 13.8. The largest absolute Gasteiger partial charge is 0.480 e. The van der Waals surface area contributed by atoms with Crippen molar-refractivity contribution in [3.05, 3.63) is 71.8 Å². The first-order valence-electron chi connectivity index (χ1n) is 14.1. The second-order valence-corrected chi connectivity index (χ2v) is 10.4. The quantitative estimate of drug-likeness (QED) is 0.162. The average Bonchev–Trinajstić information content (AvgIpc) is 3.49. The Bertz CT molecular complexity index is 1290. The minimum Gasteiger partial charge on any atom is -0.480 e. The van der Waals surface area contributed by atoms with Crippen LogP contribution in [0, 0.1) is 0 Å². The number of nitrogens with two attached hydrogens (primary N) is 1. The number of rotatable bonds is 14. The van der Waals surface area contributed by atoms with Gasteiger partial charge in [-0.15, -0.1) is 0 Å². The monoisotopic (exact) mass is 594 g/mol. The molecule has 1 aliphatic rings. The van der Waals surface area contributed by atoms with Crippen LogP contribution in [0.4, 0.5) is 0 Å². The van der Waals surface area contributed by atoms with Crippen LogP contribution in [0.2, 0.25) is 0 Å². The maximum atomic E-state index is 13.8. The molecule has 4 atom stereocenters. The summed E-state index contributed by atoms with van der Waals surface area (Å²) >= 11 is 0. The van der Waals surface area contributed by atoms with E-state index in [0.29, 0.717) is 19.4 Å². The third-order valence-electron chi connectivity index (χ3n) is 6.98. The molecule has 2 aromatic carbocycles. The van der Waals surface area contributed by atoms with E-state index in [4.69, 9.17) is 10.8 Å². The van der Waals surface area contributed by atoms with E-state index in [0.717, 1.165) is 11.1 Å². The summed E-state index contributed by atoms with van der Waals surface area (Å²) in [5, 5.41) is 18.5. The second-order valence-electron chi connectivity index (χ2n) is 10.4. The molecule has 13 heteroatoms. The molecule has 5 amide bonds. The molecule has 2 aromatic rings. The molecule has 7 N–H and O–H groups in total. The van der Waals surface area contributed by atoms with Gasteiger partial charge in [-0.25, -0.2) is 0 Å². The lowest BCUT2D eigenvalue weighted by Crippen LogP contribution is -2.57. The number of carboxylic acid groups (broad SMARTS) is 1. The van der Waals surface area contributed by atoms with E-state index in [1.54, 1.807) is 0 Å². The van der Waals surface area contributed by atoms with Crippen molar-refractivity contribution in [3.63, 3.8) is 0 Å². The average molecular weight is 595 g/mol. The summed E-state index contributed by atoms with van der Waals surface area (Å²) in [7, 11) is 0. The molecule has 0 unspecified atom stereocenters. The van der Waals surface area contributed by atoms with Crippen LogP contribution in [0.15, 0.2) is 60.7 Å². The van der Waals surface area contributed by atoms with Crippen molar-refractivity contribution in [3.8, 4) is 0 Å². The fourth-order valence-corrected chi connectivity index (χ4v) is 4.75. The zero-order valence-electron chi connectivity index (χ0n) is 24.0. The van der Waals surface area contributed by atoms with Crippen LogP contribution < -0.4 is 27.0 Å². The van der Waals surface area contributed by atoms with E-state index in [-0.39, 0.29) is 12.8 Å². The van der Waals surface area contributed by atoms with Crippen LogP contribution in [0.25, 0.3) is 0 Å². The molecule has 230 valence electrons. The Hall–Kier alpha value is -4.78. The van der Waals surface area contributed by atoms with Crippen LogP contribution in [0.5, 0.6) is 0 Å². The van der Waals surface area contributed by atoms with Gasteiger partial charge in [0.05, 0.1) is 12.6 Å². The summed E-state index contributed by atoms with van der Waals surface area (Å²) in [4.78, 5) is 76.1. The number of likely N-dealkylation sites (tertiary alicyclic amines) is 1. The predicted octanol–water partition coefficient (Wildman–Crippen LogP) is -0.903. The topological polar surface area (TPSA) is 200 Å². The van der Waals surface area contributed by atoms with Gasteiger partial charge in [0.2, 0.25) is 29.5 Å². The van der Waals surface area contributed by atoms with Gasteiger partial charge in [0, 0.05) is 13.0 Å². The zero-order valence-corrected chi connectivity index (χ0v) is 24.0. The number of hydrogen-bond donors (Lipinski definition) is 6. The number of aliphatic carboxylic acids is 1. The highest BCUT2D eigenvalue weighted by atomic mass is 16.4. The first-order valence-corrected chi connectivity index (χ1v) is 14.1. The number of nitrogens with one attached hydrogen (secondary N) is 4. The highest BCUT2D eigenvalue weighted by molar-refractivity contribution is 5.95. The highest BCUT2D eigenvalue weighted by Crippen LogP contribution is 2.20. The van der Waals surface area contributed by atoms with Crippen LogP contribution in [0.1, 0.15) is 30.9 Å². The van der Waals surface area contributed by atoms with Crippen molar-refractivity contribution >= 4 is 35.5 Å². The van der Waals surface area contributed by atoms with Crippen molar-refractivity contribution in [1.82, 2.24) is 26.2 Å². The highest BCUT2D eigenvalue weighted by Gasteiger charge is 2.38. The smallest absolute Gasteiger partial charge is 0.322 e. The van der Waals surface area contributed by atoms with Crippen LogP contribution >= 0.6 is 0 Å². The van der Waals surface area contributed by atoms with Crippen molar-refractivity contribution in [2.45, 2.75) is 56.8 Å². The van der Waals surface area contributed by atoms with Crippen molar-refractivity contribution < 1.29 is 33.9 Å². The van der Waals surface area contributed by atoms with Gasteiger partial charge in [-0.05, 0) is 37.3 Å².